The predicted octanol–water partition coefficient (Wildman–Crippen LogP) is 1.30. The standard InChI is InChI=1S/C25H28N6O8S2/c1-25(2,3)39-24(38)26-14-8-6-5-7-12(14)9-15(32)27-16-19(34)31-17(22(36)37)13(10-40-21(16)31)11-41-23-29-28-18(33)20(35)30(23)4/h5-8,16,21H,9-11H2,1-4H3,(H,26,38)(H,27,32)(H,28,33)(H,36,37)/t16?,21-/m1/s1. The van der Waals surface area contributed by atoms with Crippen LogP contribution < -0.4 is 16.2 Å². The summed E-state index contributed by atoms with van der Waals surface area (Å²) in [5, 5.41) is 31.3. The SMILES string of the molecule is Cn1c(SCC2=C(C(=O)O)N3C(=O)C(NC(=O)Cc4ccccc4NC(=O)OC(C)(C)C)[C@H]3SC2)nnc(O)c1=O. The second kappa shape index (κ2) is 11.8. The van der Waals surface area contributed by atoms with Gasteiger partial charge >= 0.3 is 17.6 Å². The van der Waals surface area contributed by atoms with Gasteiger partial charge in [0.1, 0.15) is 22.7 Å². The van der Waals surface area contributed by atoms with E-state index >= 15 is 0 Å². The van der Waals surface area contributed by atoms with Gasteiger partial charge in [0.25, 0.3) is 11.8 Å². The highest BCUT2D eigenvalue weighted by molar-refractivity contribution is 8.01. The molecule has 1 saturated heterocycles. The van der Waals surface area contributed by atoms with Gasteiger partial charge in [-0.05, 0) is 38.0 Å². The number of carbonyl (C=O) groups excluding carboxylic acids is 3. The molecule has 0 aliphatic carbocycles. The van der Waals surface area contributed by atoms with Crippen molar-refractivity contribution in [2.24, 2.45) is 7.05 Å². The molecule has 2 aliphatic rings. The third-order valence-electron chi connectivity index (χ3n) is 5.96. The van der Waals surface area contributed by atoms with Crippen LogP contribution in [0.1, 0.15) is 26.3 Å². The fourth-order valence-electron chi connectivity index (χ4n) is 4.12. The van der Waals surface area contributed by atoms with Crippen LogP contribution in [-0.2, 0) is 32.6 Å². The highest BCUT2D eigenvalue weighted by Crippen LogP contribution is 2.41. The summed E-state index contributed by atoms with van der Waals surface area (Å²) in [4.78, 5) is 63.3. The Balaban J connectivity index is 1.42. The smallest absolute Gasteiger partial charge is 0.412 e. The minimum absolute atomic E-state index is 0.107. The van der Waals surface area contributed by atoms with E-state index in [0.717, 1.165) is 21.2 Å². The summed E-state index contributed by atoms with van der Waals surface area (Å²) in [6.07, 6.45) is -0.807. The topological polar surface area (TPSA) is 193 Å². The van der Waals surface area contributed by atoms with E-state index in [9.17, 15) is 34.2 Å². The van der Waals surface area contributed by atoms with Crippen molar-refractivity contribution in [3.63, 3.8) is 0 Å². The van der Waals surface area contributed by atoms with E-state index < -0.39 is 52.3 Å². The number of rotatable bonds is 8. The molecule has 1 fully saturated rings. The molecule has 41 heavy (non-hydrogen) atoms. The monoisotopic (exact) mass is 604 g/mol. The Labute approximate surface area is 242 Å². The Morgan fingerprint density at radius 3 is 2.59 bits per heavy atom. The van der Waals surface area contributed by atoms with Gasteiger partial charge in [-0.1, -0.05) is 30.0 Å². The minimum Gasteiger partial charge on any atom is -0.488 e. The molecular weight excluding hydrogens is 576 g/mol. The number of amides is 3. The maximum absolute atomic E-state index is 13.0. The van der Waals surface area contributed by atoms with E-state index in [1.165, 1.54) is 18.8 Å². The van der Waals surface area contributed by atoms with Crippen molar-refractivity contribution >= 4 is 53.1 Å². The molecule has 1 unspecified atom stereocenters. The number of carboxylic acid groups (broad SMARTS) is 1. The van der Waals surface area contributed by atoms with Gasteiger partial charge in [-0.15, -0.1) is 22.0 Å². The van der Waals surface area contributed by atoms with Crippen molar-refractivity contribution in [3.05, 3.63) is 51.5 Å². The van der Waals surface area contributed by atoms with E-state index in [4.69, 9.17) is 4.74 Å². The summed E-state index contributed by atoms with van der Waals surface area (Å²) in [5.41, 5.74) is -0.295. The van der Waals surface area contributed by atoms with Crippen LogP contribution in [0.3, 0.4) is 0 Å². The molecule has 2 aromatic rings. The fourth-order valence-corrected chi connectivity index (χ4v) is 6.51. The molecule has 0 saturated carbocycles. The summed E-state index contributed by atoms with van der Waals surface area (Å²) in [6.45, 7) is 5.19. The first-order valence-electron chi connectivity index (χ1n) is 12.3. The van der Waals surface area contributed by atoms with E-state index in [1.54, 1.807) is 45.0 Å². The van der Waals surface area contributed by atoms with Gasteiger partial charge in [-0.2, -0.15) is 0 Å². The molecule has 2 atom stereocenters. The van der Waals surface area contributed by atoms with Gasteiger partial charge in [-0.25, -0.2) is 9.59 Å². The van der Waals surface area contributed by atoms with E-state index in [2.05, 4.69) is 20.8 Å². The van der Waals surface area contributed by atoms with Crippen molar-refractivity contribution in [3.8, 4) is 5.88 Å². The van der Waals surface area contributed by atoms with Gasteiger partial charge in [0, 0.05) is 24.2 Å². The van der Waals surface area contributed by atoms with Gasteiger partial charge in [0.2, 0.25) is 5.91 Å². The Morgan fingerprint density at radius 1 is 1.20 bits per heavy atom. The van der Waals surface area contributed by atoms with Crippen LogP contribution in [0.4, 0.5) is 10.5 Å². The van der Waals surface area contributed by atoms with Crippen LogP contribution in [0.15, 0.2) is 45.5 Å². The summed E-state index contributed by atoms with van der Waals surface area (Å²) < 4.78 is 6.36. The zero-order chi connectivity index (χ0) is 30.1. The number of nitrogens with zero attached hydrogens (tertiary/aromatic N) is 4. The number of carboxylic acids is 1. The van der Waals surface area contributed by atoms with Crippen molar-refractivity contribution in [1.82, 2.24) is 25.0 Å². The normalized spacial score (nSPS) is 18.3. The number of carbonyl (C=O) groups is 4. The second-order valence-corrected chi connectivity index (χ2v) is 12.2. The first-order valence-corrected chi connectivity index (χ1v) is 14.3. The predicted molar refractivity (Wildman–Crippen MR) is 149 cm³/mol. The number of aromatic hydroxyl groups is 1. The molecule has 1 aromatic carbocycles. The van der Waals surface area contributed by atoms with Crippen molar-refractivity contribution in [1.29, 1.82) is 0 Å². The number of ether oxygens (including phenoxy) is 1. The van der Waals surface area contributed by atoms with Crippen molar-refractivity contribution in [2.45, 2.75) is 49.4 Å². The molecule has 2 aliphatic heterocycles. The number of hydrogen-bond donors (Lipinski definition) is 4. The lowest BCUT2D eigenvalue weighted by Gasteiger charge is -2.49. The van der Waals surface area contributed by atoms with Crippen LogP contribution in [-0.4, -0.2) is 82.3 Å². The van der Waals surface area contributed by atoms with Crippen LogP contribution in [0.25, 0.3) is 0 Å². The highest BCUT2D eigenvalue weighted by atomic mass is 32.2. The molecular formula is C25H28N6O8S2. The molecule has 0 bridgehead atoms. The lowest BCUT2D eigenvalue weighted by atomic mass is 10.0. The molecule has 0 spiro atoms. The average molecular weight is 605 g/mol. The minimum atomic E-state index is -1.29. The summed E-state index contributed by atoms with van der Waals surface area (Å²) in [5.74, 6) is -2.71. The Bertz CT molecular complexity index is 1500. The molecule has 4 N–H and O–H groups in total. The number of hydrogen-bond acceptors (Lipinski definition) is 11. The van der Waals surface area contributed by atoms with Gasteiger partial charge < -0.3 is 20.3 Å². The largest absolute Gasteiger partial charge is 0.488 e. The summed E-state index contributed by atoms with van der Waals surface area (Å²) in [7, 11) is 1.40. The third-order valence-corrected chi connectivity index (χ3v) is 8.41. The number of aliphatic carboxylic acids is 1. The number of nitrogens with one attached hydrogen (secondary N) is 2. The van der Waals surface area contributed by atoms with Gasteiger partial charge in [0.05, 0.1) is 6.42 Å². The lowest BCUT2D eigenvalue weighted by Crippen LogP contribution is -2.70. The highest BCUT2D eigenvalue weighted by Gasteiger charge is 2.54. The number of thioether (sulfide) groups is 2. The maximum Gasteiger partial charge on any atom is 0.412 e. The zero-order valence-electron chi connectivity index (χ0n) is 22.5. The number of para-hydroxylation sites is 1. The zero-order valence-corrected chi connectivity index (χ0v) is 24.2. The van der Waals surface area contributed by atoms with Crippen LogP contribution >= 0.6 is 23.5 Å². The molecule has 1 aromatic heterocycles. The van der Waals surface area contributed by atoms with E-state index in [-0.39, 0.29) is 28.8 Å². The second-order valence-electron chi connectivity index (χ2n) is 10.1. The van der Waals surface area contributed by atoms with Gasteiger partial charge in [-0.3, -0.25) is 29.2 Å². The number of anilines is 1. The molecule has 3 amide bonds. The molecule has 0 radical (unpaired) electrons. The average Bonchev–Trinajstić information content (AvgIpc) is 2.89. The number of fused-ring (bicyclic) bond motifs is 1. The molecule has 4 rings (SSSR count). The van der Waals surface area contributed by atoms with Crippen LogP contribution in [0.2, 0.25) is 0 Å². The van der Waals surface area contributed by atoms with E-state index in [1.807, 2.05) is 0 Å². The van der Waals surface area contributed by atoms with Crippen molar-refractivity contribution in [2.75, 3.05) is 16.8 Å². The number of β-lactam (4-membered cyclic amide) rings is 1. The molecule has 16 heteroatoms. The third kappa shape index (κ3) is 6.65. The van der Waals surface area contributed by atoms with Crippen LogP contribution in [0.5, 0.6) is 5.88 Å². The lowest BCUT2D eigenvalue weighted by molar-refractivity contribution is -0.150. The fraction of sp³-hybridized carbons (Fsp3) is 0.400. The van der Waals surface area contributed by atoms with Crippen molar-refractivity contribution < 1.29 is 34.1 Å². The quantitative estimate of drug-likeness (QED) is 0.250. The first kappa shape index (κ1) is 29.9. The summed E-state index contributed by atoms with van der Waals surface area (Å²) >= 11 is 2.35. The van der Waals surface area contributed by atoms with Crippen LogP contribution in [0, 0.1) is 0 Å². The molecule has 218 valence electrons. The Morgan fingerprint density at radius 2 is 1.90 bits per heavy atom. The molecule has 3 heterocycles. The maximum atomic E-state index is 13.0. The summed E-state index contributed by atoms with van der Waals surface area (Å²) in [6, 6.07) is 5.78. The Hall–Kier alpha value is -4.05. The molecule has 14 nitrogen and oxygen atoms in total. The number of aromatic nitrogens is 3. The van der Waals surface area contributed by atoms with E-state index in [0.29, 0.717) is 16.8 Å². The first-order chi connectivity index (χ1) is 19.3. The Kier molecular flexibility index (Phi) is 8.63. The van der Waals surface area contributed by atoms with Gasteiger partial charge in [0.15, 0.2) is 5.16 Å². The number of benzene rings is 1.